The third kappa shape index (κ3) is 3.74. The smallest absolute Gasteiger partial charge is 0.122 e. The van der Waals surface area contributed by atoms with E-state index in [1.807, 2.05) is 6.07 Å². The third-order valence-corrected chi connectivity index (χ3v) is 3.93. The summed E-state index contributed by atoms with van der Waals surface area (Å²) in [4.78, 5) is 0. The summed E-state index contributed by atoms with van der Waals surface area (Å²) in [5.41, 5.74) is 7.29. The van der Waals surface area contributed by atoms with E-state index in [-0.39, 0.29) is 6.04 Å². The van der Waals surface area contributed by atoms with Crippen molar-refractivity contribution >= 4 is 0 Å². The standard InChI is InChI=1S/C16H25NO/c1-2-15(17)11-14-9-5-6-10-16(14)18-12-13-7-3-4-8-13/h5-6,9-10,13,15H,2-4,7-8,11-12,17H2,1H3. The van der Waals surface area contributed by atoms with Crippen LogP contribution >= 0.6 is 0 Å². The molecule has 1 aromatic carbocycles. The quantitative estimate of drug-likeness (QED) is 0.834. The second kappa shape index (κ2) is 6.79. The minimum Gasteiger partial charge on any atom is -0.493 e. The second-order valence-corrected chi connectivity index (χ2v) is 5.44. The van der Waals surface area contributed by atoms with Crippen molar-refractivity contribution in [2.24, 2.45) is 11.7 Å². The van der Waals surface area contributed by atoms with Crippen LogP contribution < -0.4 is 10.5 Å². The first kappa shape index (κ1) is 13.4. The fraction of sp³-hybridized carbons (Fsp3) is 0.625. The fourth-order valence-corrected chi connectivity index (χ4v) is 2.62. The van der Waals surface area contributed by atoms with Gasteiger partial charge in [-0.05, 0) is 43.2 Å². The topological polar surface area (TPSA) is 35.2 Å². The summed E-state index contributed by atoms with van der Waals surface area (Å²) < 4.78 is 6.01. The molecule has 2 N–H and O–H groups in total. The molecule has 2 rings (SSSR count). The first-order chi connectivity index (χ1) is 8.79. The minimum absolute atomic E-state index is 0.237. The van der Waals surface area contributed by atoms with Gasteiger partial charge in [0, 0.05) is 6.04 Å². The largest absolute Gasteiger partial charge is 0.493 e. The monoisotopic (exact) mass is 247 g/mol. The van der Waals surface area contributed by atoms with Gasteiger partial charge in [-0.15, -0.1) is 0 Å². The number of rotatable bonds is 6. The Bertz CT molecular complexity index is 358. The van der Waals surface area contributed by atoms with Gasteiger partial charge in [0.15, 0.2) is 0 Å². The van der Waals surface area contributed by atoms with Gasteiger partial charge in [-0.25, -0.2) is 0 Å². The number of hydrogen-bond donors (Lipinski definition) is 1. The molecule has 18 heavy (non-hydrogen) atoms. The maximum Gasteiger partial charge on any atom is 0.122 e. The molecule has 1 fully saturated rings. The zero-order valence-electron chi connectivity index (χ0n) is 11.4. The normalized spacial score (nSPS) is 17.9. The van der Waals surface area contributed by atoms with E-state index in [9.17, 15) is 0 Å². The third-order valence-electron chi connectivity index (χ3n) is 3.93. The lowest BCUT2D eigenvalue weighted by atomic mass is 10.0. The Balaban J connectivity index is 1.93. The summed E-state index contributed by atoms with van der Waals surface area (Å²) in [7, 11) is 0. The van der Waals surface area contributed by atoms with Crippen LogP contribution in [0.5, 0.6) is 5.75 Å². The van der Waals surface area contributed by atoms with Crippen LogP contribution in [0.2, 0.25) is 0 Å². The highest BCUT2D eigenvalue weighted by Gasteiger charge is 2.16. The Hall–Kier alpha value is -1.02. The van der Waals surface area contributed by atoms with Gasteiger partial charge < -0.3 is 10.5 Å². The van der Waals surface area contributed by atoms with Gasteiger partial charge in [-0.3, -0.25) is 0 Å². The molecule has 1 saturated carbocycles. The molecule has 1 aliphatic rings. The highest BCUT2D eigenvalue weighted by atomic mass is 16.5. The van der Waals surface area contributed by atoms with Gasteiger partial charge in [0.2, 0.25) is 0 Å². The van der Waals surface area contributed by atoms with Crippen LogP contribution in [0, 0.1) is 5.92 Å². The molecule has 1 aliphatic carbocycles. The molecule has 100 valence electrons. The van der Waals surface area contributed by atoms with Crippen LogP contribution in [0.1, 0.15) is 44.6 Å². The number of para-hydroxylation sites is 1. The van der Waals surface area contributed by atoms with Crippen molar-refractivity contribution < 1.29 is 4.74 Å². The van der Waals surface area contributed by atoms with E-state index in [0.29, 0.717) is 0 Å². The van der Waals surface area contributed by atoms with Gasteiger partial charge in [0.1, 0.15) is 5.75 Å². The molecule has 0 spiro atoms. The average molecular weight is 247 g/mol. The molecule has 1 aromatic rings. The Morgan fingerprint density at radius 1 is 1.28 bits per heavy atom. The first-order valence-corrected chi connectivity index (χ1v) is 7.26. The molecule has 2 heteroatoms. The Morgan fingerprint density at radius 2 is 2.00 bits per heavy atom. The average Bonchev–Trinajstić information content (AvgIpc) is 2.91. The minimum atomic E-state index is 0.237. The lowest BCUT2D eigenvalue weighted by Gasteiger charge is -2.16. The zero-order valence-corrected chi connectivity index (χ0v) is 11.4. The van der Waals surface area contributed by atoms with Gasteiger partial charge in [0.25, 0.3) is 0 Å². The molecule has 0 aromatic heterocycles. The van der Waals surface area contributed by atoms with Crippen molar-refractivity contribution in [3.63, 3.8) is 0 Å². The highest BCUT2D eigenvalue weighted by molar-refractivity contribution is 5.34. The van der Waals surface area contributed by atoms with Crippen LogP contribution in [-0.2, 0) is 6.42 Å². The van der Waals surface area contributed by atoms with Crippen LogP contribution in [0.15, 0.2) is 24.3 Å². The van der Waals surface area contributed by atoms with E-state index >= 15 is 0 Å². The van der Waals surface area contributed by atoms with E-state index in [0.717, 1.165) is 31.1 Å². The molecule has 0 bridgehead atoms. The summed E-state index contributed by atoms with van der Waals surface area (Å²) >= 11 is 0. The number of ether oxygens (including phenoxy) is 1. The Kier molecular flexibility index (Phi) is 5.06. The van der Waals surface area contributed by atoms with Crippen molar-refractivity contribution in [2.75, 3.05) is 6.61 Å². The first-order valence-electron chi connectivity index (χ1n) is 7.26. The van der Waals surface area contributed by atoms with Crippen molar-refractivity contribution in [3.8, 4) is 5.75 Å². The van der Waals surface area contributed by atoms with Crippen LogP contribution in [0.3, 0.4) is 0 Å². The molecule has 0 amide bonds. The lowest BCUT2D eigenvalue weighted by molar-refractivity contribution is 0.249. The van der Waals surface area contributed by atoms with Crippen molar-refractivity contribution in [3.05, 3.63) is 29.8 Å². The van der Waals surface area contributed by atoms with E-state index in [4.69, 9.17) is 10.5 Å². The van der Waals surface area contributed by atoms with Gasteiger partial charge in [-0.2, -0.15) is 0 Å². The maximum absolute atomic E-state index is 6.04. The van der Waals surface area contributed by atoms with Crippen molar-refractivity contribution in [2.45, 2.75) is 51.5 Å². The van der Waals surface area contributed by atoms with E-state index in [1.165, 1.54) is 31.2 Å². The maximum atomic E-state index is 6.04. The van der Waals surface area contributed by atoms with Gasteiger partial charge in [-0.1, -0.05) is 38.0 Å². The molecule has 1 unspecified atom stereocenters. The van der Waals surface area contributed by atoms with E-state index in [1.54, 1.807) is 0 Å². The predicted molar refractivity (Wildman–Crippen MR) is 75.9 cm³/mol. The second-order valence-electron chi connectivity index (χ2n) is 5.44. The number of benzene rings is 1. The predicted octanol–water partition coefficient (Wildman–Crippen LogP) is 3.54. The molecule has 0 radical (unpaired) electrons. The Morgan fingerprint density at radius 3 is 2.72 bits per heavy atom. The molecule has 2 nitrogen and oxygen atoms in total. The Labute approximate surface area is 111 Å². The highest BCUT2D eigenvalue weighted by Crippen LogP contribution is 2.27. The van der Waals surface area contributed by atoms with Crippen LogP contribution in [0.4, 0.5) is 0 Å². The molecule has 0 saturated heterocycles. The summed E-state index contributed by atoms with van der Waals surface area (Å²) in [5, 5.41) is 0. The van der Waals surface area contributed by atoms with Gasteiger partial charge >= 0.3 is 0 Å². The molecule has 0 aliphatic heterocycles. The number of nitrogens with two attached hydrogens (primary N) is 1. The van der Waals surface area contributed by atoms with Crippen molar-refractivity contribution in [1.82, 2.24) is 0 Å². The molecule has 0 heterocycles. The van der Waals surface area contributed by atoms with Crippen LogP contribution in [0.25, 0.3) is 0 Å². The SMILES string of the molecule is CCC(N)Cc1ccccc1OCC1CCCC1. The summed E-state index contributed by atoms with van der Waals surface area (Å²) in [6.07, 6.45) is 7.33. The fourth-order valence-electron chi connectivity index (χ4n) is 2.62. The van der Waals surface area contributed by atoms with Crippen molar-refractivity contribution in [1.29, 1.82) is 0 Å². The van der Waals surface area contributed by atoms with E-state index in [2.05, 4.69) is 25.1 Å². The number of hydrogen-bond acceptors (Lipinski definition) is 2. The summed E-state index contributed by atoms with van der Waals surface area (Å²) in [5.74, 6) is 1.80. The molecular weight excluding hydrogens is 222 g/mol. The summed E-state index contributed by atoms with van der Waals surface area (Å²) in [6, 6.07) is 8.57. The summed E-state index contributed by atoms with van der Waals surface area (Å²) in [6.45, 7) is 3.01. The van der Waals surface area contributed by atoms with Crippen LogP contribution in [-0.4, -0.2) is 12.6 Å². The molecule has 1 atom stereocenters. The zero-order chi connectivity index (χ0) is 12.8. The lowest BCUT2D eigenvalue weighted by Crippen LogP contribution is -2.22. The van der Waals surface area contributed by atoms with Gasteiger partial charge in [0.05, 0.1) is 6.61 Å². The van der Waals surface area contributed by atoms with E-state index < -0.39 is 0 Å². The molecular formula is C16H25NO.